The third-order valence-electron chi connectivity index (χ3n) is 4.07. The summed E-state index contributed by atoms with van der Waals surface area (Å²) in [5.41, 5.74) is 2.46. The molecule has 0 aliphatic carbocycles. The van der Waals surface area contributed by atoms with Crippen LogP contribution in [0.2, 0.25) is 0 Å². The molecule has 1 N–H and O–H groups in total. The molecule has 1 unspecified atom stereocenters. The summed E-state index contributed by atoms with van der Waals surface area (Å²) in [5.74, 6) is 0.751. The van der Waals surface area contributed by atoms with Gasteiger partial charge in [0.2, 0.25) is 0 Å². The van der Waals surface area contributed by atoms with Crippen LogP contribution in [-0.4, -0.2) is 20.1 Å². The van der Waals surface area contributed by atoms with Crippen LogP contribution in [0.5, 0.6) is 0 Å². The van der Waals surface area contributed by atoms with Crippen molar-refractivity contribution in [3.05, 3.63) is 42.5 Å². The van der Waals surface area contributed by atoms with Crippen molar-refractivity contribution in [3.63, 3.8) is 0 Å². The minimum atomic E-state index is 0.559. The molecular formula is C19H29N3. The summed E-state index contributed by atoms with van der Waals surface area (Å²) in [6.07, 6.45) is 6.12. The second-order valence-corrected chi connectivity index (χ2v) is 5.76. The minimum absolute atomic E-state index is 0.559. The number of nitriles is 1. The monoisotopic (exact) mass is 299 g/mol. The highest BCUT2D eigenvalue weighted by atomic mass is 15.1. The van der Waals surface area contributed by atoms with Gasteiger partial charge in [-0.1, -0.05) is 31.6 Å². The maximum atomic E-state index is 8.63. The molecule has 0 bridgehead atoms. The predicted molar refractivity (Wildman–Crippen MR) is 94.9 cm³/mol. The molecule has 0 aliphatic rings. The molecule has 22 heavy (non-hydrogen) atoms. The van der Waals surface area contributed by atoms with Crippen LogP contribution in [0.3, 0.4) is 0 Å². The Balaban J connectivity index is 2.32. The molecule has 0 saturated carbocycles. The molecule has 0 fully saturated rings. The van der Waals surface area contributed by atoms with Gasteiger partial charge in [-0.05, 0) is 43.0 Å². The summed E-state index contributed by atoms with van der Waals surface area (Å²) in [7, 11) is 2.02. The van der Waals surface area contributed by atoms with Gasteiger partial charge in [-0.25, -0.2) is 0 Å². The van der Waals surface area contributed by atoms with E-state index in [1.807, 2.05) is 13.1 Å². The number of rotatable bonds is 11. The molecule has 3 heteroatoms. The smallest absolute Gasteiger partial charge is 0.0640 e. The van der Waals surface area contributed by atoms with Crippen molar-refractivity contribution in [2.75, 3.05) is 25.0 Å². The van der Waals surface area contributed by atoms with Crippen molar-refractivity contribution in [2.24, 2.45) is 5.92 Å². The fourth-order valence-corrected chi connectivity index (χ4v) is 2.48. The number of nitrogens with one attached hydrogen (secondary N) is 1. The van der Waals surface area contributed by atoms with Crippen LogP contribution < -0.4 is 10.2 Å². The summed E-state index contributed by atoms with van der Waals surface area (Å²) in [5, 5.41) is 12.1. The summed E-state index contributed by atoms with van der Waals surface area (Å²) < 4.78 is 0. The van der Waals surface area contributed by atoms with Crippen LogP contribution in [0.25, 0.3) is 0 Å². The SMILES string of the molecule is C=CCC(CC)CCNCc1ccc(N(C)CCC#N)cc1. The van der Waals surface area contributed by atoms with E-state index in [0.29, 0.717) is 6.42 Å². The van der Waals surface area contributed by atoms with E-state index in [9.17, 15) is 0 Å². The van der Waals surface area contributed by atoms with Gasteiger partial charge in [0.1, 0.15) is 0 Å². The second-order valence-electron chi connectivity index (χ2n) is 5.76. The first-order chi connectivity index (χ1) is 10.7. The fraction of sp³-hybridized carbons (Fsp3) is 0.526. The van der Waals surface area contributed by atoms with E-state index in [2.05, 4.69) is 54.1 Å². The normalized spacial score (nSPS) is 11.7. The molecule has 1 rings (SSSR count). The highest BCUT2D eigenvalue weighted by molar-refractivity contribution is 5.46. The molecule has 0 radical (unpaired) electrons. The van der Waals surface area contributed by atoms with Gasteiger partial charge in [-0.2, -0.15) is 5.26 Å². The highest BCUT2D eigenvalue weighted by Gasteiger charge is 2.04. The number of allylic oxidation sites excluding steroid dienone is 1. The Hall–Kier alpha value is -1.79. The summed E-state index contributed by atoms with van der Waals surface area (Å²) in [6, 6.07) is 10.7. The van der Waals surface area contributed by atoms with Crippen molar-refractivity contribution in [1.82, 2.24) is 5.32 Å². The average molecular weight is 299 g/mol. The van der Waals surface area contributed by atoms with E-state index >= 15 is 0 Å². The highest BCUT2D eigenvalue weighted by Crippen LogP contribution is 2.15. The second kappa shape index (κ2) is 10.9. The van der Waals surface area contributed by atoms with Crippen LogP contribution in [0.15, 0.2) is 36.9 Å². The summed E-state index contributed by atoms with van der Waals surface area (Å²) in [6.45, 7) is 8.80. The third-order valence-corrected chi connectivity index (χ3v) is 4.07. The Bertz CT molecular complexity index is 459. The van der Waals surface area contributed by atoms with Gasteiger partial charge in [0.15, 0.2) is 0 Å². The van der Waals surface area contributed by atoms with E-state index in [4.69, 9.17) is 5.26 Å². The third kappa shape index (κ3) is 6.78. The van der Waals surface area contributed by atoms with Gasteiger partial charge in [-0.3, -0.25) is 0 Å². The Morgan fingerprint density at radius 3 is 2.68 bits per heavy atom. The summed E-state index contributed by atoms with van der Waals surface area (Å²) >= 11 is 0. The lowest BCUT2D eigenvalue weighted by molar-refractivity contribution is 0.456. The Morgan fingerprint density at radius 2 is 2.09 bits per heavy atom. The van der Waals surface area contributed by atoms with Gasteiger partial charge >= 0.3 is 0 Å². The van der Waals surface area contributed by atoms with Crippen molar-refractivity contribution >= 4 is 5.69 Å². The van der Waals surface area contributed by atoms with Gasteiger partial charge in [0, 0.05) is 25.8 Å². The van der Waals surface area contributed by atoms with Gasteiger partial charge in [0.25, 0.3) is 0 Å². The quantitative estimate of drug-likeness (QED) is 0.493. The topological polar surface area (TPSA) is 39.1 Å². The van der Waals surface area contributed by atoms with Crippen LogP contribution in [-0.2, 0) is 6.54 Å². The predicted octanol–water partition coefficient (Wildman–Crippen LogP) is 4.12. The molecule has 0 aromatic heterocycles. The van der Waals surface area contributed by atoms with Crippen molar-refractivity contribution in [3.8, 4) is 6.07 Å². The van der Waals surface area contributed by atoms with E-state index in [0.717, 1.165) is 37.7 Å². The van der Waals surface area contributed by atoms with E-state index in [-0.39, 0.29) is 0 Å². The largest absolute Gasteiger partial charge is 0.374 e. The standard InChI is InChI=1S/C19H29N3/c1-4-7-17(5-2)12-14-21-16-18-8-10-19(11-9-18)22(3)15-6-13-20/h4,8-11,17,21H,1,5-7,12,14-16H2,2-3H3. The number of hydrogen-bond acceptors (Lipinski definition) is 3. The van der Waals surface area contributed by atoms with E-state index < -0.39 is 0 Å². The molecule has 1 aromatic carbocycles. The molecule has 1 aromatic rings. The van der Waals surface area contributed by atoms with Crippen molar-refractivity contribution in [1.29, 1.82) is 5.26 Å². The van der Waals surface area contributed by atoms with Gasteiger partial charge in [-0.15, -0.1) is 6.58 Å². The van der Waals surface area contributed by atoms with Crippen molar-refractivity contribution < 1.29 is 0 Å². The van der Waals surface area contributed by atoms with E-state index in [1.165, 1.54) is 18.4 Å². The molecular weight excluding hydrogens is 270 g/mol. The average Bonchev–Trinajstić information content (AvgIpc) is 2.56. The molecule has 120 valence electrons. The number of benzene rings is 1. The van der Waals surface area contributed by atoms with Crippen LogP contribution in [0.4, 0.5) is 5.69 Å². The van der Waals surface area contributed by atoms with Crippen LogP contribution >= 0.6 is 0 Å². The molecule has 0 spiro atoms. The Kier molecular flexibility index (Phi) is 9.02. The molecule has 0 amide bonds. The molecule has 0 heterocycles. The fourth-order valence-electron chi connectivity index (χ4n) is 2.48. The number of nitrogens with zero attached hydrogens (tertiary/aromatic N) is 2. The lowest BCUT2D eigenvalue weighted by atomic mass is 9.98. The maximum Gasteiger partial charge on any atom is 0.0640 e. The minimum Gasteiger partial charge on any atom is -0.374 e. The Morgan fingerprint density at radius 1 is 1.36 bits per heavy atom. The van der Waals surface area contributed by atoms with Crippen molar-refractivity contribution in [2.45, 2.75) is 39.2 Å². The van der Waals surface area contributed by atoms with E-state index in [1.54, 1.807) is 0 Å². The zero-order chi connectivity index (χ0) is 16.2. The number of anilines is 1. The lowest BCUT2D eigenvalue weighted by Crippen LogP contribution is -2.19. The van der Waals surface area contributed by atoms with Gasteiger partial charge < -0.3 is 10.2 Å². The zero-order valence-electron chi connectivity index (χ0n) is 14.0. The molecule has 3 nitrogen and oxygen atoms in total. The first-order valence-electron chi connectivity index (χ1n) is 8.19. The van der Waals surface area contributed by atoms with Crippen LogP contribution in [0, 0.1) is 17.2 Å². The number of hydrogen-bond donors (Lipinski definition) is 1. The van der Waals surface area contributed by atoms with Gasteiger partial charge in [0.05, 0.1) is 12.5 Å². The molecule has 1 atom stereocenters. The van der Waals surface area contributed by atoms with Crippen LogP contribution in [0.1, 0.15) is 38.2 Å². The lowest BCUT2D eigenvalue weighted by Gasteiger charge is -2.18. The maximum absolute atomic E-state index is 8.63. The molecule has 0 saturated heterocycles. The molecule has 0 aliphatic heterocycles. The zero-order valence-corrected chi connectivity index (χ0v) is 14.0. The Labute approximate surface area is 135 Å². The first-order valence-corrected chi connectivity index (χ1v) is 8.19. The first kappa shape index (κ1) is 18.3. The summed E-state index contributed by atoms with van der Waals surface area (Å²) in [4.78, 5) is 2.11.